The highest BCUT2D eigenvalue weighted by atomic mass is 16.3. The van der Waals surface area contributed by atoms with Gasteiger partial charge in [0.05, 0.1) is 18.7 Å². The number of hydrogen-bond acceptors (Lipinski definition) is 4. The number of likely N-dealkylation sites (N-methyl/N-ethyl adjacent to an activating group) is 1. The van der Waals surface area contributed by atoms with Gasteiger partial charge in [0.2, 0.25) is 11.8 Å². The lowest BCUT2D eigenvalue weighted by atomic mass is 10.2. The van der Waals surface area contributed by atoms with Gasteiger partial charge in [-0.25, -0.2) is 0 Å². The molecule has 0 unspecified atom stereocenters. The lowest BCUT2D eigenvalue weighted by molar-refractivity contribution is -0.125. The molecule has 0 aliphatic rings. The zero-order chi connectivity index (χ0) is 15.1. The molecule has 1 rings (SSSR count). The monoisotopic (exact) mass is 281 g/mol. The van der Waals surface area contributed by atoms with Gasteiger partial charge in [-0.1, -0.05) is 0 Å². The molecule has 1 aromatic rings. The number of hydrogen-bond donors (Lipinski definition) is 3. The van der Waals surface area contributed by atoms with Gasteiger partial charge in [-0.2, -0.15) is 0 Å². The maximum Gasteiger partial charge on any atom is 0.255 e. The summed E-state index contributed by atoms with van der Waals surface area (Å²) in [4.78, 5) is 34.4. The van der Waals surface area contributed by atoms with Crippen LogP contribution >= 0.6 is 0 Å². The van der Waals surface area contributed by atoms with Gasteiger partial charge in [-0.05, 0) is 26.8 Å². The van der Waals surface area contributed by atoms with Crippen molar-refractivity contribution in [1.82, 2.24) is 16.0 Å². The minimum absolute atomic E-state index is 0.105. The predicted molar refractivity (Wildman–Crippen MR) is 72.2 cm³/mol. The van der Waals surface area contributed by atoms with Crippen molar-refractivity contribution in [3.05, 3.63) is 23.2 Å². The van der Waals surface area contributed by atoms with Gasteiger partial charge in [0, 0.05) is 6.54 Å². The fourth-order valence-corrected chi connectivity index (χ4v) is 1.61. The number of carbonyl (C=O) groups is 3. The maximum absolute atomic E-state index is 11.8. The van der Waals surface area contributed by atoms with Crippen LogP contribution in [0.4, 0.5) is 0 Å². The maximum atomic E-state index is 11.8. The summed E-state index contributed by atoms with van der Waals surface area (Å²) < 4.78 is 5.23. The lowest BCUT2D eigenvalue weighted by Gasteiger charge is -2.06. The molecule has 7 heteroatoms. The van der Waals surface area contributed by atoms with E-state index in [1.54, 1.807) is 26.8 Å². The van der Waals surface area contributed by atoms with E-state index < -0.39 is 5.91 Å². The molecule has 0 aliphatic heterocycles. The molecular formula is C13H19N3O4. The van der Waals surface area contributed by atoms with Crippen LogP contribution in [0, 0.1) is 13.8 Å². The highest BCUT2D eigenvalue weighted by Gasteiger charge is 2.14. The second kappa shape index (κ2) is 7.32. The van der Waals surface area contributed by atoms with E-state index in [2.05, 4.69) is 16.0 Å². The first kappa shape index (κ1) is 15.7. The number of rotatable bonds is 6. The molecule has 1 heterocycles. The molecule has 7 nitrogen and oxygen atoms in total. The summed E-state index contributed by atoms with van der Waals surface area (Å²) in [7, 11) is 0. The average molecular weight is 281 g/mol. The smallest absolute Gasteiger partial charge is 0.255 e. The zero-order valence-electron chi connectivity index (χ0n) is 11.8. The highest BCUT2D eigenvalue weighted by molar-refractivity contribution is 5.97. The summed E-state index contributed by atoms with van der Waals surface area (Å²) >= 11 is 0. The average Bonchev–Trinajstić information content (AvgIpc) is 2.73. The van der Waals surface area contributed by atoms with Gasteiger partial charge in [0.15, 0.2) is 0 Å². The molecule has 0 fully saturated rings. The molecule has 0 spiro atoms. The number of amides is 3. The van der Waals surface area contributed by atoms with E-state index in [-0.39, 0.29) is 24.9 Å². The van der Waals surface area contributed by atoms with Gasteiger partial charge in [-0.3, -0.25) is 14.4 Å². The van der Waals surface area contributed by atoms with E-state index in [0.29, 0.717) is 23.6 Å². The van der Waals surface area contributed by atoms with Gasteiger partial charge in [-0.15, -0.1) is 0 Å². The van der Waals surface area contributed by atoms with Crippen LogP contribution in [0.25, 0.3) is 0 Å². The Kier molecular flexibility index (Phi) is 5.76. The molecule has 0 radical (unpaired) electrons. The van der Waals surface area contributed by atoms with Gasteiger partial charge < -0.3 is 20.4 Å². The van der Waals surface area contributed by atoms with Crippen LogP contribution in [0.5, 0.6) is 0 Å². The van der Waals surface area contributed by atoms with Crippen molar-refractivity contribution in [2.24, 2.45) is 0 Å². The molecule has 0 aromatic carbocycles. The first-order valence-electron chi connectivity index (χ1n) is 6.32. The predicted octanol–water partition coefficient (Wildman–Crippen LogP) is -0.121. The van der Waals surface area contributed by atoms with Crippen molar-refractivity contribution in [3.63, 3.8) is 0 Å². The fourth-order valence-electron chi connectivity index (χ4n) is 1.61. The number of furan rings is 1. The quantitative estimate of drug-likeness (QED) is 0.676. The van der Waals surface area contributed by atoms with Crippen LogP contribution < -0.4 is 16.0 Å². The van der Waals surface area contributed by atoms with E-state index in [9.17, 15) is 14.4 Å². The summed E-state index contributed by atoms with van der Waals surface area (Å²) in [5.74, 6) is 0.0551. The third-order valence-corrected chi connectivity index (χ3v) is 2.52. The van der Waals surface area contributed by atoms with Crippen LogP contribution in [0.3, 0.4) is 0 Å². The molecule has 3 N–H and O–H groups in total. The van der Waals surface area contributed by atoms with Crippen LogP contribution in [0.1, 0.15) is 28.8 Å². The first-order valence-corrected chi connectivity index (χ1v) is 6.32. The summed E-state index contributed by atoms with van der Waals surface area (Å²) in [6.45, 7) is 5.41. The Balaban J connectivity index is 2.36. The molecule has 0 bridgehead atoms. The van der Waals surface area contributed by atoms with Crippen molar-refractivity contribution < 1.29 is 18.8 Å². The van der Waals surface area contributed by atoms with Crippen molar-refractivity contribution in [1.29, 1.82) is 0 Å². The van der Waals surface area contributed by atoms with Crippen LogP contribution in [-0.2, 0) is 9.59 Å². The summed E-state index contributed by atoms with van der Waals surface area (Å²) in [6.07, 6.45) is 0. The first-order chi connectivity index (χ1) is 9.43. The standard InChI is InChI=1S/C13H19N3O4/c1-4-14-11(17)6-15-12(18)7-16-13(19)10-5-8(2)20-9(10)3/h5H,4,6-7H2,1-3H3,(H,14,17)(H,15,18)(H,16,19). The van der Waals surface area contributed by atoms with E-state index in [1.807, 2.05) is 0 Å². The summed E-state index contributed by atoms with van der Waals surface area (Å²) in [5, 5.41) is 7.42. The minimum atomic E-state index is -0.428. The van der Waals surface area contributed by atoms with Crippen LogP contribution in [0.15, 0.2) is 10.5 Å². The molecule has 1 aromatic heterocycles. The Labute approximate surface area is 117 Å². The van der Waals surface area contributed by atoms with Crippen molar-refractivity contribution in [2.45, 2.75) is 20.8 Å². The fraction of sp³-hybridized carbons (Fsp3) is 0.462. The molecule has 0 aliphatic carbocycles. The molecular weight excluding hydrogens is 262 g/mol. The third-order valence-electron chi connectivity index (χ3n) is 2.52. The lowest BCUT2D eigenvalue weighted by Crippen LogP contribution is -2.41. The Morgan fingerprint density at radius 2 is 1.65 bits per heavy atom. The second-order valence-corrected chi connectivity index (χ2v) is 4.24. The normalized spacial score (nSPS) is 9.95. The molecule has 20 heavy (non-hydrogen) atoms. The number of carbonyl (C=O) groups excluding carboxylic acids is 3. The highest BCUT2D eigenvalue weighted by Crippen LogP contribution is 2.12. The van der Waals surface area contributed by atoms with Crippen molar-refractivity contribution in [3.8, 4) is 0 Å². The van der Waals surface area contributed by atoms with Crippen LogP contribution in [0.2, 0.25) is 0 Å². The van der Waals surface area contributed by atoms with E-state index >= 15 is 0 Å². The van der Waals surface area contributed by atoms with E-state index in [0.717, 1.165) is 0 Å². The second-order valence-electron chi connectivity index (χ2n) is 4.24. The molecule has 110 valence electrons. The SMILES string of the molecule is CCNC(=O)CNC(=O)CNC(=O)c1cc(C)oc1C. The minimum Gasteiger partial charge on any atom is -0.466 e. The topological polar surface area (TPSA) is 100 Å². The Morgan fingerprint density at radius 3 is 2.20 bits per heavy atom. The van der Waals surface area contributed by atoms with Gasteiger partial charge in [0.1, 0.15) is 11.5 Å². The van der Waals surface area contributed by atoms with Gasteiger partial charge in [0.25, 0.3) is 5.91 Å². The van der Waals surface area contributed by atoms with Crippen molar-refractivity contribution >= 4 is 17.7 Å². The Bertz CT molecular complexity index is 508. The summed E-state index contributed by atoms with van der Waals surface area (Å²) in [6, 6.07) is 1.61. The molecule has 0 saturated carbocycles. The van der Waals surface area contributed by atoms with Gasteiger partial charge >= 0.3 is 0 Å². The van der Waals surface area contributed by atoms with E-state index in [1.165, 1.54) is 0 Å². The summed E-state index contributed by atoms with van der Waals surface area (Å²) in [5.41, 5.74) is 0.402. The molecule has 0 saturated heterocycles. The Morgan fingerprint density at radius 1 is 1.05 bits per heavy atom. The van der Waals surface area contributed by atoms with Crippen LogP contribution in [-0.4, -0.2) is 37.4 Å². The molecule has 0 atom stereocenters. The zero-order valence-corrected chi connectivity index (χ0v) is 11.8. The number of aryl methyl sites for hydroxylation is 2. The number of nitrogens with one attached hydrogen (secondary N) is 3. The van der Waals surface area contributed by atoms with Crippen molar-refractivity contribution in [2.75, 3.05) is 19.6 Å². The largest absolute Gasteiger partial charge is 0.466 e. The third kappa shape index (κ3) is 4.75. The molecule has 3 amide bonds. The van der Waals surface area contributed by atoms with E-state index in [4.69, 9.17) is 4.42 Å². The Hall–Kier alpha value is -2.31.